The fourth-order valence-electron chi connectivity index (χ4n) is 2.61. The van der Waals surface area contributed by atoms with E-state index >= 15 is 0 Å². The lowest BCUT2D eigenvalue weighted by atomic mass is 10.1. The molecule has 4 nitrogen and oxygen atoms in total. The first-order valence-corrected chi connectivity index (χ1v) is 9.63. The fraction of sp³-hybridized carbons (Fsp3) is 0.350. The molecule has 0 unspecified atom stereocenters. The van der Waals surface area contributed by atoms with Crippen molar-refractivity contribution in [3.05, 3.63) is 57.1 Å². The third-order valence-corrected chi connectivity index (χ3v) is 4.53. The second kappa shape index (κ2) is 10.1. The van der Waals surface area contributed by atoms with E-state index in [9.17, 15) is 18.0 Å². The van der Waals surface area contributed by atoms with Gasteiger partial charge in [0.2, 0.25) is 0 Å². The summed E-state index contributed by atoms with van der Waals surface area (Å²) in [4.78, 5) is 10.7. The Morgan fingerprint density at radius 3 is 2.31 bits per heavy atom. The summed E-state index contributed by atoms with van der Waals surface area (Å²) in [5.41, 5.74) is 0.500. The number of carboxylic acids is 1. The molecule has 9 heteroatoms. The fourth-order valence-corrected chi connectivity index (χ4v) is 3.25. The van der Waals surface area contributed by atoms with Crippen LogP contribution < -0.4 is 10.1 Å². The van der Waals surface area contributed by atoms with Crippen LogP contribution in [0, 0.1) is 0 Å². The molecule has 158 valence electrons. The van der Waals surface area contributed by atoms with E-state index in [1.54, 1.807) is 6.07 Å². The largest absolute Gasteiger partial charge is 0.486 e. The highest BCUT2D eigenvalue weighted by Crippen LogP contribution is 2.36. The van der Waals surface area contributed by atoms with Crippen molar-refractivity contribution in [2.45, 2.75) is 39.0 Å². The maximum absolute atomic E-state index is 13.2. The molecule has 0 fully saturated rings. The van der Waals surface area contributed by atoms with Gasteiger partial charge in [-0.25, -0.2) is 0 Å². The van der Waals surface area contributed by atoms with Gasteiger partial charge in [0.15, 0.2) is 5.75 Å². The van der Waals surface area contributed by atoms with Crippen molar-refractivity contribution in [1.82, 2.24) is 0 Å². The van der Waals surface area contributed by atoms with Gasteiger partial charge < -0.3 is 15.2 Å². The molecular formula is C20H20Cl2F3NO3. The van der Waals surface area contributed by atoms with Gasteiger partial charge in [-0.2, -0.15) is 13.2 Å². The van der Waals surface area contributed by atoms with Gasteiger partial charge in [0.1, 0.15) is 6.61 Å². The molecule has 29 heavy (non-hydrogen) atoms. The summed E-state index contributed by atoms with van der Waals surface area (Å²) in [6, 6.07) is 6.71. The van der Waals surface area contributed by atoms with E-state index in [1.165, 1.54) is 12.1 Å². The number of carbonyl (C=O) groups is 1. The van der Waals surface area contributed by atoms with Crippen molar-refractivity contribution in [2.75, 3.05) is 11.9 Å². The van der Waals surface area contributed by atoms with Crippen LogP contribution in [0.15, 0.2) is 30.3 Å². The lowest BCUT2D eigenvalue weighted by Crippen LogP contribution is -2.09. The first kappa shape index (κ1) is 23.2. The Bertz CT molecular complexity index is 850. The summed E-state index contributed by atoms with van der Waals surface area (Å²) < 4.78 is 45.1. The number of halogens is 5. The van der Waals surface area contributed by atoms with Crippen LogP contribution in [0.1, 0.15) is 36.5 Å². The quantitative estimate of drug-likeness (QED) is 0.462. The molecule has 0 atom stereocenters. The van der Waals surface area contributed by atoms with Gasteiger partial charge in [-0.3, -0.25) is 4.79 Å². The van der Waals surface area contributed by atoms with Crippen LogP contribution in [-0.2, 0) is 24.0 Å². The lowest BCUT2D eigenvalue weighted by molar-refractivity contribution is -0.138. The average molecular weight is 450 g/mol. The molecule has 0 aromatic heterocycles. The predicted octanol–water partition coefficient (Wildman–Crippen LogP) is 6.43. The van der Waals surface area contributed by atoms with E-state index in [1.807, 2.05) is 6.92 Å². The highest BCUT2D eigenvalue weighted by atomic mass is 35.5. The highest BCUT2D eigenvalue weighted by Gasteiger charge is 2.31. The van der Waals surface area contributed by atoms with Gasteiger partial charge in [-0.15, -0.1) is 0 Å². The minimum Gasteiger partial charge on any atom is -0.486 e. The molecule has 0 heterocycles. The predicted molar refractivity (Wildman–Crippen MR) is 107 cm³/mol. The third kappa shape index (κ3) is 7.01. The number of carboxylic acid groups (broad SMARTS) is 1. The summed E-state index contributed by atoms with van der Waals surface area (Å²) >= 11 is 12.3. The minimum atomic E-state index is -4.49. The van der Waals surface area contributed by atoms with Crippen molar-refractivity contribution < 1.29 is 27.8 Å². The number of hydrogen-bond acceptors (Lipinski definition) is 3. The second-order valence-corrected chi connectivity index (χ2v) is 7.23. The zero-order chi connectivity index (χ0) is 21.6. The monoisotopic (exact) mass is 449 g/mol. The van der Waals surface area contributed by atoms with Crippen molar-refractivity contribution >= 4 is 34.9 Å². The molecule has 0 aliphatic carbocycles. The summed E-state index contributed by atoms with van der Waals surface area (Å²) in [5.74, 6) is -0.817. The summed E-state index contributed by atoms with van der Waals surface area (Å²) in [7, 11) is 0. The number of anilines is 1. The topological polar surface area (TPSA) is 58.6 Å². The smallest absolute Gasteiger partial charge is 0.416 e. The Balaban J connectivity index is 2.21. The molecule has 2 aromatic rings. The third-order valence-electron chi connectivity index (χ3n) is 3.97. The minimum absolute atomic E-state index is 0.0787. The van der Waals surface area contributed by atoms with Crippen LogP contribution in [0.5, 0.6) is 5.75 Å². The zero-order valence-electron chi connectivity index (χ0n) is 15.6. The number of hydrogen-bond donors (Lipinski definition) is 2. The Hall–Kier alpha value is -2.12. The van der Waals surface area contributed by atoms with Gasteiger partial charge >= 0.3 is 12.1 Å². The maximum Gasteiger partial charge on any atom is 0.416 e. The number of rotatable bonds is 9. The van der Waals surface area contributed by atoms with Crippen LogP contribution in [0.2, 0.25) is 10.0 Å². The van der Waals surface area contributed by atoms with E-state index in [-0.39, 0.29) is 35.2 Å². The van der Waals surface area contributed by atoms with E-state index < -0.39 is 17.7 Å². The molecular weight excluding hydrogens is 430 g/mol. The van der Waals surface area contributed by atoms with Crippen LogP contribution in [0.25, 0.3) is 0 Å². The molecule has 2 aromatic carbocycles. The molecule has 0 saturated heterocycles. The molecule has 0 amide bonds. The van der Waals surface area contributed by atoms with Crippen LogP contribution in [-0.4, -0.2) is 17.6 Å². The average Bonchev–Trinajstić information content (AvgIpc) is 2.63. The Kier molecular flexibility index (Phi) is 8.05. The standard InChI is InChI=1S/C20H20Cl2F3NO3/c1-2-5-26-15-7-13(6-14(10-15)20(23,24)25)11-29-19-16(21)8-12(9-17(19)22)3-4-18(27)28/h6-10,26H,2-5,11H2,1H3,(H,27,28). The lowest BCUT2D eigenvalue weighted by Gasteiger charge is -2.15. The van der Waals surface area contributed by atoms with Crippen molar-refractivity contribution in [2.24, 2.45) is 0 Å². The van der Waals surface area contributed by atoms with Crippen LogP contribution in [0.4, 0.5) is 18.9 Å². The number of aryl methyl sites for hydroxylation is 1. The molecule has 2 rings (SSSR count). The van der Waals surface area contributed by atoms with Gasteiger partial charge in [-0.05, 0) is 54.3 Å². The van der Waals surface area contributed by atoms with E-state index in [4.69, 9.17) is 33.0 Å². The zero-order valence-corrected chi connectivity index (χ0v) is 17.1. The van der Waals surface area contributed by atoms with Crippen molar-refractivity contribution in [3.8, 4) is 5.75 Å². The number of alkyl halides is 3. The summed E-state index contributed by atoms with van der Waals surface area (Å²) in [6.45, 7) is 2.28. The first-order chi connectivity index (χ1) is 13.6. The van der Waals surface area contributed by atoms with Gasteiger partial charge in [0, 0.05) is 18.7 Å². The van der Waals surface area contributed by atoms with Gasteiger partial charge in [-0.1, -0.05) is 30.1 Å². The molecule has 0 radical (unpaired) electrons. The molecule has 0 aliphatic rings. The highest BCUT2D eigenvalue weighted by molar-refractivity contribution is 6.37. The normalized spacial score (nSPS) is 11.4. The second-order valence-electron chi connectivity index (χ2n) is 6.41. The van der Waals surface area contributed by atoms with Crippen LogP contribution in [0.3, 0.4) is 0 Å². The Morgan fingerprint density at radius 2 is 1.76 bits per heavy atom. The van der Waals surface area contributed by atoms with Crippen LogP contribution >= 0.6 is 23.2 Å². The molecule has 0 spiro atoms. The number of aliphatic carboxylic acids is 1. The van der Waals surface area contributed by atoms with E-state index in [2.05, 4.69) is 5.32 Å². The van der Waals surface area contributed by atoms with Crippen molar-refractivity contribution in [3.63, 3.8) is 0 Å². The summed E-state index contributed by atoms with van der Waals surface area (Å²) in [6.07, 6.45) is -3.55. The van der Waals surface area contributed by atoms with Crippen molar-refractivity contribution in [1.29, 1.82) is 0 Å². The Morgan fingerprint density at radius 1 is 1.10 bits per heavy atom. The number of benzene rings is 2. The molecule has 0 aliphatic heterocycles. The van der Waals surface area contributed by atoms with Gasteiger partial charge in [0.25, 0.3) is 0 Å². The maximum atomic E-state index is 13.2. The Labute approximate surface area is 176 Å². The number of nitrogens with one attached hydrogen (secondary N) is 1. The SMILES string of the molecule is CCCNc1cc(COc2c(Cl)cc(CCC(=O)O)cc2Cl)cc(C(F)(F)F)c1. The van der Waals surface area contributed by atoms with E-state index in [0.717, 1.165) is 18.6 Å². The summed E-state index contributed by atoms with van der Waals surface area (Å²) in [5, 5.41) is 12.0. The van der Waals surface area contributed by atoms with E-state index in [0.29, 0.717) is 23.4 Å². The molecule has 2 N–H and O–H groups in total. The number of ether oxygens (including phenoxy) is 1. The molecule has 0 saturated carbocycles. The molecule has 0 bridgehead atoms. The van der Waals surface area contributed by atoms with Gasteiger partial charge in [0.05, 0.1) is 15.6 Å². The first-order valence-electron chi connectivity index (χ1n) is 8.87.